The molecular weight excluding hydrogens is 304 g/mol. The Balaban J connectivity index is 2.40. The van der Waals surface area contributed by atoms with Crippen molar-refractivity contribution in [3.8, 4) is 11.5 Å². The van der Waals surface area contributed by atoms with Gasteiger partial charge in [0.15, 0.2) is 0 Å². The minimum absolute atomic E-state index is 0.239. The summed E-state index contributed by atoms with van der Waals surface area (Å²) in [6.07, 6.45) is 2.58. The SMILES string of the molecule is CCCOc1ccc(/C(=C/c2cccc(OC)c2)C(=O)O)c(C)c1. The van der Waals surface area contributed by atoms with Crippen LogP contribution >= 0.6 is 0 Å². The van der Waals surface area contributed by atoms with E-state index in [0.29, 0.717) is 17.9 Å². The number of benzene rings is 2. The van der Waals surface area contributed by atoms with Gasteiger partial charge in [0.1, 0.15) is 11.5 Å². The third kappa shape index (κ3) is 4.38. The van der Waals surface area contributed by atoms with Crippen LogP contribution in [0.15, 0.2) is 42.5 Å². The van der Waals surface area contributed by atoms with Gasteiger partial charge in [-0.25, -0.2) is 4.79 Å². The maximum absolute atomic E-state index is 11.7. The van der Waals surface area contributed by atoms with Crippen LogP contribution in [-0.4, -0.2) is 24.8 Å². The second-order valence-corrected chi connectivity index (χ2v) is 5.46. The Morgan fingerprint density at radius 1 is 1.17 bits per heavy atom. The molecule has 0 saturated heterocycles. The molecule has 2 aromatic rings. The van der Waals surface area contributed by atoms with Crippen LogP contribution in [0, 0.1) is 6.92 Å². The monoisotopic (exact) mass is 326 g/mol. The van der Waals surface area contributed by atoms with Crippen molar-refractivity contribution in [2.24, 2.45) is 0 Å². The lowest BCUT2D eigenvalue weighted by Gasteiger charge is -2.11. The average Bonchev–Trinajstić information content (AvgIpc) is 2.58. The van der Waals surface area contributed by atoms with Gasteiger partial charge < -0.3 is 14.6 Å². The van der Waals surface area contributed by atoms with Crippen molar-refractivity contribution in [2.75, 3.05) is 13.7 Å². The summed E-state index contributed by atoms with van der Waals surface area (Å²) in [5.41, 5.74) is 2.55. The van der Waals surface area contributed by atoms with Crippen molar-refractivity contribution in [2.45, 2.75) is 20.3 Å². The van der Waals surface area contributed by atoms with Gasteiger partial charge in [0, 0.05) is 0 Å². The lowest BCUT2D eigenvalue weighted by atomic mass is 9.98. The highest BCUT2D eigenvalue weighted by Gasteiger charge is 2.14. The number of carbonyl (C=O) groups is 1. The van der Waals surface area contributed by atoms with E-state index in [4.69, 9.17) is 9.47 Å². The van der Waals surface area contributed by atoms with Gasteiger partial charge in [-0.2, -0.15) is 0 Å². The van der Waals surface area contributed by atoms with Crippen LogP contribution in [0.25, 0.3) is 11.6 Å². The van der Waals surface area contributed by atoms with Crippen LogP contribution in [0.3, 0.4) is 0 Å². The van der Waals surface area contributed by atoms with E-state index in [1.54, 1.807) is 31.4 Å². The first-order chi connectivity index (χ1) is 11.5. The van der Waals surface area contributed by atoms with Crippen LogP contribution in [0.5, 0.6) is 11.5 Å². The van der Waals surface area contributed by atoms with Gasteiger partial charge in [0.25, 0.3) is 0 Å². The molecular formula is C20H22O4. The molecule has 0 amide bonds. The first-order valence-electron chi connectivity index (χ1n) is 7.88. The summed E-state index contributed by atoms with van der Waals surface area (Å²) in [4.78, 5) is 11.7. The molecule has 0 heterocycles. The Hall–Kier alpha value is -2.75. The van der Waals surface area contributed by atoms with Crippen LogP contribution in [0.2, 0.25) is 0 Å². The number of carboxylic acid groups (broad SMARTS) is 1. The Kier molecular flexibility index (Phi) is 6.01. The summed E-state index contributed by atoms with van der Waals surface area (Å²) in [5, 5.41) is 9.62. The van der Waals surface area contributed by atoms with Crippen LogP contribution in [0.1, 0.15) is 30.0 Å². The van der Waals surface area contributed by atoms with Gasteiger partial charge in [-0.1, -0.05) is 25.1 Å². The van der Waals surface area contributed by atoms with Gasteiger partial charge in [0.2, 0.25) is 0 Å². The highest BCUT2D eigenvalue weighted by molar-refractivity contribution is 6.21. The van der Waals surface area contributed by atoms with E-state index in [-0.39, 0.29) is 5.57 Å². The zero-order valence-electron chi connectivity index (χ0n) is 14.2. The van der Waals surface area contributed by atoms with Crippen molar-refractivity contribution < 1.29 is 19.4 Å². The van der Waals surface area contributed by atoms with Gasteiger partial charge in [-0.3, -0.25) is 0 Å². The van der Waals surface area contributed by atoms with E-state index in [9.17, 15) is 9.90 Å². The highest BCUT2D eigenvalue weighted by Crippen LogP contribution is 2.26. The number of hydrogen-bond donors (Lipinski definition) is 1. The third-order valence-electron chi connectivity index (χ3n) is 3.60. The Bertz CT molecular complexity index is 747. The molecule has 4 nitrogen and oxygen atoms in total. The molecule has 0 atom stereocenters. The first-order valence-corrected chi connectivity index (χ1v) is 7.88. The standard InChI is InChI=1S/C20H22O4/c1-4-10-24-17-8-9-18(14(2)11-17)19(20(21)22)13-15-6-5-7-16(12-15)23-3/h5-9,11-13H,4,10H2,1-3H3,(H,21,22)/b19-13-. The van der Waals surface area contributed by atoms with E-state index >= 15 is 0 Å². The van der Waals surface area contributed by atoms with E-state index in [1.807, 2.05) is 38.1 Å². The number of ether oxygens (including phenoxy) is 2. The summed E-state index contributed by atoms with van der Waals surface area (Å²) in [5.74, 6) is 0.473. The smallest absolute Gasteiger partial charge is 0.336 e. The van der Waals surface area contributed by atoms with E-state index in [0.717, 1.165) is 23.3 Å². The molecule has 1 N–H and O–H groups in total. The van der Waals surface area contributed by atoms with Crippen molar-refractivity contribution in [3.63, 3.8) is 0 Å². The molecule has 24 heavy (non-hydrogen) atoms. The summed E-state index contributed by atoms with van der Waals surface area (Å²) < 4.78 is 10.8. The molecule has 0 fully saturated rings. The number of rotatable bonds is 7. The van der Waals surface area contributed by atoms with E-state index < -0.39 is 5.97 Å². The number of hydrogen-bond acceptors (Lipinski definition) is 3. The average molecular weight is 326 g/mol. The van der Waals surface area contributed by atoms with Crippen LogP contribution in [0.4, 0.5) is 0 Å². The minimum Gasteiger partial charge on any atom is -0.497 e. The van der Waals surface area contributed by atoms with Crippen molar-refractivity contribution >= 4 is 17.6 Å². The summed E-state index contributed by atoms with van der Waals surface area (Å²) in [6, 6.07) is 12.8. The van der Waals surface area contributed by atoms with Crippen molar-refractivity contribution in [1.82, 2.24) is 0 Å². The second kappa shape index (κ2) is 8.20. The molecule has 0 unspecified atom stereocenters. The Morgan fingerprint density at radius 3 is 2.58 bits per heavy atom. The summed E-state index contributed by atoms with van der Waals surface area (Å²) >= 11 is 0. The fraction of sp³-hybridized carbons (Fsp3) is 0.250. The lowest BCUT2D eigenvalue weighted by molar-refractivity contribution is -0.130. The second-order valence-electron chi connectivity index (χ2n) is 5.46. The van der Waals surface area contributed by atoms with Gasteiger partial charge in [-0.15, -0.1) is 0 Å². The molecule has 0 radical (unpaired) electrons. The Morgan fingerprint density at radius 2 is 1.96 bits per heavy atom. The molecule has 0 aliphatic rings. The number of carboxylic acids is 1. The van der Waals surface area contributed by atoms with E-state index in [2.05, 4.69) is 0 Å². The maximum Gasteiger partial charge on any atom is 0.336 e. The lowest BCUT2D eigenvalue weighted by Crippen LogP contribution is -2.02. The predicted octanol–water partition coefficient (Wildman–Crippen LogP) is 4.42. The normalized spacial score (nSPS) is 11.2. The summed E-state index contributed by atoms with van der Waals surface area (Å²) in [7, 11) is 1.58. The molecule has 0 spiro atoms. The zero-order chi connectivity index (χ0) is 17.5. The number of aliphatic carboxylic acids is 1. The van der Waals surface area contributed by atoms with Gasteiger partial charge in [0.05, 0.1) is 19.3 Å². The van der Waals surface area contributed by atoms with Crippen molar-refractivity contribution in [1.29, 1.82) is 0 Å². The molecule has 0 aliphatic heterocycles. The first kappa shape index (κ1) is 17.6. The molecule has 2 rings (SSSR count). The number of aryl methyl sites for hydroxylation is 1. The highest BCUT2D eigenvalue weighted by atomic mass is 16.5. The maximum atomic E-state index is 11.7. The van der Waals surface area contributed by atoms with Crippen LogP contribution < -0.4 is 9.47 Å². The van der Waals surface area contributed by atoms with Gasteiger partial charge >= 0.3 is 5.97 Å². The predicted molar refractivity (Wildman–Crippen MR) is 95.5 cm³/mol. The molecule has 0 saturated carbocycles. The molecule has 2 aromatic carbocycles. The molecule has 4 heteroatoms. The molecule has 0 bridgehead atoms. The fourth-order valence-corrected chi connectivity index (χ4v) is 2.40. The Labute approximate surface area is 142 Å². The topological polar surface area (TPSA) is 55.8 Å². The quantitative estimate of drug-likeness (QED) is 0.604. The van der Waals surface area contributed by atoms with Crippen molar-refractivity contribution in [3.05, 3.63) is 59.2 Å². The third-order valence-corrected chi connectivity index (χ3v) is 3.60. The fourth-order valence-electron chi connectivity index (χ4n) is 2.40. The molecule has 0 aromatic heterocycles. The summed E-state index contributed by atoms with van der Waals surface area (Å²) in [6.45, 7) is 4.57. The zero-order valence-corrected chi connectivity index (χ0v) is 14.2. The van der Waals surface area contributed by atoms with E-state index in [1.165, 1.54) is 0 Å². The largest absolute Gasteiger partial charge is 0.497 e. The minimum atomic E-state index is -0.969. The number of methoxy groups -OCH3 is 1. The van der Waals surface area contributed by atoms with Crippen LogP contribution in [-0.2, 0) is 4.79 Å². The molecule has 126 valence electrons. The molecule has 0 aliphatic carbocycles. The van der Waals surface area contributed by atoms with Gasteiger partial charge in [-0.05, 0) is 60.4 Å².